The van der Waals surface area contributed by atoms with Gasteiger partial charge in [-0.3, -0.25) is 4.21 Å². The minimum absolute atomic E-state index is 0.0161. The van der Waals surface area contributed by atoms with Crippen LogP contribution in [-0.4, -0.2) is 16.0 Å². The van der Waals surface area contributed by atoms with Crippen LogP contribution in [0.25, 0.3) is 0 Å². The lowest BCUT2D eigenvalue weighted by Gasteiger charge is -2.26. The summed E-state index contributed by atoms with van der Waals surface area (Å²) in [5.74, 6) is 1.17. The Bertz CT molecular complexity index is 395. The van der Waals surface area contributed by atoms with Gasteiger partial charge in [-0.25, -0.2) is 0 Å². The molecule has 0 fully saturated rings. The molecule has 0 saturated carbocycles. The quantitative estimate of drug-likeness (QED) is 0.896. The summed E-state index contributed by atoms with van der Waals surface area (Å²) in [4.78, 5) is 0. The standard InChI is InChI=1S/C14H23NOS/c1-11-6-5-7-12(8-11)9-17(16)10-13(15)14(2,3)4/h5-8,13H,9-10,15H2,1-4H3. The van der Waals surface area contributed by atoms with Gasteiger partial charge in [0.1, 0.15) is 0 Å². The molecule has 0 saturated heterocycles. The van der Waals surface area contributed by atoms with E-state index in [1.54, 1.807) is 0 Å². The fourth-order valence-electron chi connectivity index (χ4n) is 1.50. The maximum Gasteiger partial charge on any atom is 0.0486 e. The van der Waals surface area contributed by atoms with Crippen molar-refractivity contribution in [3.05, 3.63) is 35.4 Å². The first-order valence-electron chi connectivity index (χ1n) is 5.95. The highest BCUT2D eigenvalue weighted by Gasteiger charge is 2.22. The largest absolute Gasteiger partial charge is 0.326 e. The molecule has 2 atom stereocenters. The van der Waals surface area contributed by atoms with Crippen molar-refractivity contribution in [1.82, 2.24) is 0 Å². The molecule has 0 aliphatic heterocycles. The average molecular weight is 253 g/mol. The third-order valence-electron chi connectivity index (χ3n) is 2.89. The molecule has 17 heavy (non-hydrogen) atoms. The number of aryl methyl sites for hydroxylation is 1. The molecule has 0 radical (unpaired) electrons. The first-order chi connectivity index (χ1) is 7.79. The van der Waals surface area contributed by atoms with Gasteiger partial charge in [0.2, 0.25) is 0 Å². The molecule has 0 spiro atoms. The summed E-state index contributed by atoms with van der Waals surface area (Å²) >= 11 is 0. The summed E-state index contributed by atoms with van der Waals surface area (Å²) in [7, 11) is -0.881. The maximum atomic E-state index is 12.0. The van der Waals surface area contributed by atoms with Gasteiger partial charge in [0.15, 0.2) is 0 Å². The molecule has 2 unspecified atom stereocenters. The van der Waals surface area contributed by atoms with Crippen LogP contribution in [0.4, 0.5) is 0 Å². The summed E-state index contributed by atoms with van der Waals surface area (Å²) in [6.45, 7) is 8.30. The fraction of sp³-hybridized carbons (Fsp3) is 0.571. The summed E-state index contributed by atoms with van der Waals surface area (Å²) < 4.78 is 12.0. The first-order valence-corrected chi connectivity index (χ1v) is 7.44. The van der Waals surface area contributed by atoms with Crippen LogP contribution in [0.1, 0.15) is 31.9 Å². The van der Waals surface area contributed by atoms with Crippen LogP contribution < -0.4 is 5.73 Å². The maximum absolute atomic E-state index is 12.0. The Hall–Kier alpha value is -0.670. The van der Waals surface area contributed by atoms with E-state index >= 15 is 0 Å². The van der Waals surface area contributed by atoms with Crippen molar-refractivity contribution in [2.75, 3.05) is 5.75 Å². The van der Waals surface area contributed by atoms with E-state index in [4.69, 9.17) is 5.73 Å². The number of hydrogen-bond acceptors (Lipinski definition) is 2. The third kappa shape index (κ3) is 5.00. The second-order valence-electron chi connectivity index (χ2n) is 5.71. The van der Waals surface area contributed by atoms with Gasteiger partial charge in [-0.1, -0.05) is 50.6 Å². The summed E-state index contributed by atoms with van der Waals surface area (Å²) in [6, 6.07) is 8.14. The SMILES string of the molecule is Cc1cccc(CS(=O)CC(N)C(C)(C)C)c1. The third-order valence-corrected chi connectivity index (χ3v) is 4.27. The predicted molar refractivity (Wildman–Crippen MR) is 75.3 cm³/mol. The molecule has 3 heteroatoms. The van der Waals surface area contributed by atoms with Crippen LogP contribution in [-0.2, 0) is 16.6 Å². The summed E-state index contributed by atoms with van der Waals surface area (Å²) in [5, 5.41) is 0. The van der Waals surface area contributed by atoms with E-state index in [9.17, 15) is 4.21 Å². The van der Waals surface area contributed by atoms with E-state index in [1.807, 2.05) is 25.1 Å². The van der Waals surface area contributed by atoms with Crippen molar-refractivity contribution in [3.8, 4) is 0 Å². The van der Waals surface area contributed by atoms with Crippen molar-refractivity contribution < 1.29 is 4.21 Å². The van der Waals surface area contributed by atoms with Gasteiger partial charge >= 0.3 is 0 Å². The van der Waals surface area contributed by atoms with Gasteiger partial charge in [-0.2, -0.15) is 0 Å². The van der Waals surface area contributed by atoms with E-state index in [1.165, 1.54) is 5.56 Å². The second kappa shape index (κ2) is 5.78. The van der Waals surface area contributed by atoms with Gasteiger partial charge in [0, 0.05) is 28.3 Å². The number of benzene rings is 1. The lowest BCUT2D eigenvalue weighted by Crippen LogP contribution is -2.39. The Balaban J connectivity index is 2.56. The molecule has 96 valence electrons. The van der Waals surface area contributed by atoms with E-state index in [-0.39, 0.29) is 11.5 Å². The zero-order valence-corrected chi connectivity index (χ0v) is 12.0. The van der Waals surface area contributed by atoms with E-state index in [0.29, 0.717) is 11.5 Å². The highest BCUT2D eigenvalue weighted by atomic mass is 32.2. The van der Waals surface area contributed by atoms with Crippen LogP contribution in [0.15, 0.2) is 24.3 Å². The average Bonchev–Trinajstić information content (AvgIpc) is 2.15. The monoisotopic (exact) mass is 253 g/mol. The number of nitrogens with two attached hydrogens (primary N) is 1. The summed E-state index contributed by atoms with van der Waals surface area (Å²) in [6.07, 6.45) is 0. The smallest absolute Gasteiger partial charge is 0.0486 e. The lowest BCUT2D eigenvalue weighted by molar-refractivity contribution is 0.342. The Labute approximate surface area is 107 Å². The molecule has 0 aromatic heterocycles. The molecular formula is C14H23NOS. The van der Waals surface area contributed by atoms with Crippen molar-refractivity contribution in [3.63, 3.8) is 0 Å². The van der Waals surface area contributed by atoms with Gasteiger partial charge < -0.3 is 5.73 Å². The van der Waals surface area contributed by atoms with Crippen LogP contribution in [0.2, 0.25) is 0 Å². The fourth-order valence-corrected chi connectivity index (χ4v) is 3.07. The van der Waals surface area contributed by atoms with Crippen molar-refractivity contribution in [2.45, 2.75) is 39.5 Å². The zero-order valence-electron chi connectivity index (χ0n) is 11.2. The molecule has 1 rings (SSSR count). The molecule has 0 aliphatic carbocycles. The van der Waals surface area contributed by atoms with Crippen LogP contribution >= 0.6 is 0 Å². The van der Waals surface area contributed by atoms with Crippen LogP contribution in [0.5, 0.6) is 0 Å². The van der Waals surface area contributed by atoms with E-state index in [2.05, 4.69) is 26.8 Å². The summed E-state index contributed by atoms with van der Waals surface area (Å²) in [5.41, 5.74) is 8.40. The lowest BCUT2D eigenvalue weighted by atomic mass is 9.89. The highest BCUT2D eigenvalue weighted by Crippen LogP contribution is 2.18. The van der Waals surface area contributed by atoms with Gasteiger partial charge in [0.05, 0.1) is 0 Å². The molecule has 1 aromatic rings. The highest BCUT2D eigenvalue weighted by molar-refractivity contribution is 7.84. The minimum atomic E-state index is -0.881. The molecule has 0 heterocycles. The molecular weight excluding hydrogens is 230 g/mol. The molecule has 1 aromatic carbocycles. The van der Waals surface area contributed by atoms with Crippen molar-refractivity contribution in [2.24, 2.45) is 11.1 Å². The molecule has 2 N–H and O–H groups in total. The van der Waals surface area contributed by atoms with Gasteiger partial charge in [0.25, 0.3) is 0 Å². The molecule has 0 amide bonds. The molecule has 0 aliphatic rings. The van der Waals surface area contributed by atoms with E-state index in [0.717, 1.165) is 5.56 Å². The molecule has 2 nitrogen and oxygen atoms in total. The Morgan fingerprint density at radius 3 is 2.53 bits per heavy atom. The Kier molecular flexibility index (Phi) is 4.90. The number of rotatable bonds is 4. The van der Waals surface area contributed by atoms with Gasteiger partial charge in [-0.15, -0.1) is 0 Å². The van der Waals surface area contributed by atoms with Crippen LogP contribution in [0, 0.1) is 12.3 Å². The van der Waals surface area contributed by atoms with Gasteiger partial charge in [-0.05, 0) is 17.9 Å². The minimum Gasteiger partial charge on any atom is -0.326 e. The topological polar surface area (TPSA) is 43.1 Å². The van der Waals surface area contributed by atoms with Crippen molar-refractivity contribution >= 4 is 10.8 Å². The Morgan fingerprint density at radius 1 is 1.35 bits per heavy atom. The van der Waals surface area contributed by atoms with E-state index < -0.39 is 10.8 Å². The molecule has 0 bridgehead atoms. The van der Waals surface area contributed by atoms with Crippen molar-refractivity contribution in [1.29, 1.82) is 0 Å². The predicted octanol–water partition coefficient (Wildman–Crippen LogP) is 2.62. The normalized spacial score (nSPS) is 15.6. The first kappa shape index (κ1) is 14.4. The van der Waals surface area contributed by atoms with Crippen LogP contribution in [0.3, 0.4) is 0 Å². The Morgan fingerprint density at radius 2 is 2.00 bits per heavy atom. The number of hydrogen-bond donors (Lipinski definition) is 1. The second-order valence-corrected chi connectivity index (χ2v) is 7.21. The zero-order chi connectivity index (χ0) is 13.1.